The van der Waals surface area contributed by atoms with Crippen LogP contribution in [0.5, 0.6) is 0 Å². The molecule has 3 nitrogen and oxygen atoms in total. The summed E-state index contributed by atoms with van der Waals surface area (Å²) < 4.78 is 14.0. The minimum absolute atomic E-state index is 0.0941. The Bertz CT molecular complexity index is 439. The minimum atomic E-state index is -0.265. The van der Waals surface area contributed by atoms with Crippen LogP contribution >= 0.6 is 0 Å². The normalized spacial score (nSPS) is 15.2. The third kappa shape index (κ3) is 2.81. The standard InChI is InChI=1S/C14H19FN2O/c1-10(2)14(18)16-11-5-6-13(12(15)9-11)17-7-3-4-8-17/h5-6,9-10H,3-4,7-8H2,1-2H3,(H,16,18). The van der Waals surface area contributed by atoms with Gasteiger partial charge in [-0.1, -0.05) is 13.8 Å². The number of rotatable bonds is 3. The molecule has 1 N–H and O–H groups in total. The number of carbonyl (C=O) groups excluding carboxylic acids is 1. The number of halogens is 1. The number of hydrogen-bond acceptors (Lipinski definition) is 2. The molecule has 1 aromatic rings. The lowest BCUT2D eigenvalue weighted by atomic mass is 10.2. The number of benzene rings is 1. The van der Waals surface area contributed by atoms with Gasteiger partial charge in [-0.3, -0.25) is 4.79 Å². The van der Waals surface area contributed by atoms with Crippen molar-refractivity contribution in [2.75, 3.05) is 23.3 Å². The van der Waals surface area contributed by atoms with E-state index in [1.165, 1.54) is 6.07 Å². The van der Waals surface area contributed by atoms with Crippen molar-refractivity contribution < 1.29 is 9.18 Å². The fourth-order valence-corrected chi connectivity index (χ4v) is 2.09. The first-order chi connectivity index (χ1) is 8.58. The molecule has 0 aromatic heterocycles. The lowest BCUT2D eigenvalue weighted by molar-refractivity contribution is -0.118. The molecule has 18 heavy (non-hydrogen) atoms. The van der Waals surface area contributed by atoms with Crippen LogP contribution in [0.4, 0.5) is 15.8 Å². The Labute approximate surface area is 107 Å². The second-order valence-electron chi connectivity index (χ2n) is 5.00. The van der Waals surface area contributed by atoms with Gasteiger partial charge in [0, 0.05) is 24.7 Å². The van der Waals surface area contributed by atoms with Crippen molar-refractivity contribution >= 4 is 17.3 Å². The van der Waals surface area contributed by atoms with Crippen LogP contribution in [0, 0.1) is 11.7 Å². The fraction of sp³-hybridized carbons (Fsp3) is 0.500. The second kappa shape index (κ2) is 5.38. The first-order valence-electron chi connectivity index (χ1n) is 6.43. The van der Waals surface area contributed by atoms with E-state index < -0.39 is 0 Å². The largest absolute Gasteiger partial charge is 0.369 e. The number of carbonyl (C=O) groups is 1. The second-order valence-corrected chi connectivity index (χ2v) is 5.00. The summed E-state index contributed by atoms with van der Waals surface area (Å²) in [6.07, 6.45) is 2.23. The summed E-state index contributed by atoms with van der Waals surface area (Å²) in [5.41, 5.74) is 1.16. The smallest absolute Gasteiger partial charge is 0.226 e. The van der Waals surface area contributed by atoms with Crippen molar-refractivity contribution in [3.05, 3.63) is 24.0 Å². The molecule has 0 atom stereocenters. The Hall–Kier alpha value is -1.58. The number of anilines is 2. The maximum atomic E-state index is 14.0. The van der Waals surface area contributed by atoms with Gasteiger partial charge in [0.15, 0.2) is 0 Å². The molecule has 1 amide bonds. The Morgan fingerprint density at radius 2 is 2.00 bits per heavy atom. The quantitative estimate of drug-likeness (QED) is 0.894. The molecular weight excluding hydrogens is 231 g/mol. The van der Waals surface area contributed by atoms with Crippen LogP contribution in [0.2, 0.25) is 0 Å². The zero-order valence-corrected chi connectivity index (χ0v) is 10.9. The summed E-state index contributed by atoms with van der Waals surface area (Å²) in [6.45, 7) is 5.44. The SMILES string of the molecule is CC(C)C(=O)Nc1ccc(N2CCCC2)c(F)c1. The summed E-state index contributed by atoms with van der Waals surface area (Å²) in [5.74, 6) is -0.465. The molecule has 1 aromatic carbocycles. The molecule has 0 bridgehead atoms. The highest BCUT2D eigenvalue weighted by atomic mass is 19.1. The van der Waals surface area contributed by atoms with E-state index in [2.05, 4.69) is 5.32 Å². The van der Waals surface area contributed by atoms with E-state index in [0.29, 0.717) is 11.4 Å². The van der Waals surface area contributed by atoms with E-state index in [4.69, 9.17) is 0 Å². The van der Waals surface area contributed by atoms with Crippen LogP contribution in [-0.2, 0) is 4.79 Å². The Morgan fingerprint density at radius 1 is 1.33 bits per heavy atom. The number of hydrogen-bond donors (Lipinski definition) is 1. The molecule has 1 aliphatic heterocycles. The highest BCUT2D eigenvalue weighted by Crippen LogP contribution is 2.26. The summed E-state index contributed by atoms with van der Waals surface area (Å²) in [6, 6.07) is 4.90. The Balaban J connectivity index is 2.11. The molecular formula is C14H19FN2O. The van der Waals surface area contributed by atoms with Crippen molar-refractivity contribution in [3.8, 4) is 0 Å². The number of nitrogens with one attached hydrogen (secondary N) is 1. The van der Waals surface area contributed by atoms with Gasteiger partial charge in [0.1, 0.15) is 5.82 Å². The molecule has 1 saturated heterocycles. The Kier molecular flexibility index (Phi) is 3.84. The van der Waals surface area contributed by atoms with Gasteiger partial charge in [0.2, 0.25) is 5.91 Å². The predicted octanol–water partition coefficient (Wildman–Crippen LogP) is 3.02. The van der Waals surface area contributed by atoms with Crippen molar-refractivity contribution in [1.29, 1.82) is 0 Å². The molecule has 0 unspecified atom stereocenters. The van der Waals surface area contributed by atoms with E-state index in [1.54, 1.807) is 12.1 Å². The van der Waals surface area contributed by atoms with E-state index >= 15 is 0 Å². The molecule has 0 aliphatic carbocycles. The lowest BCUT2D eigenvalue weighted by Crippen LogP contribution is -2.20. The van der Waals surface area contributed by atoms with Crippen LogP contribution < -0.4 is 10.2 Å². The summed E-state index contributed by atoms with van der Waals surface area (Å²) in [7, 11) is 0. The van der Waals surface area contributed by atoms with E-state index in [-0.39, 0.29) is 17.6 Å². The van der Waals surface area contributed by atoms with Crippen molar-refractivity contribution in [2.24, 2.45) is 5.92 Å². The van der Waals surface area contributed by atoms with E-state index in [9.17, 15) is 9.18 Å². The molecule has 98 valence electrons. The van der Waals surface area contributed by atoms with Crippen LogP contribution in [-0.4, -0.2) is 19.0 Å². The van der Waals surface area contributed by atoms with Crippen LogP contribution in [0.15, 0.2) is 18.2 Å². The average molecular weight is 250 g/mol. The Morgan fingerprint density at radius 3 is 2.56 bits per heavy atom. The topological polar surface area (TPSA) is 32.3 Å². The molecule has 1 aliphatic rings. The molecule has 2 rings (SSSR count). The third-order valence-corrected chi connectivity index (χ3v) is 3.19. The molecule has 1 heterocycles. The minimum Gasteiger partial charge on any atom is -0.369 e. The van der Waals surface area contributed by atoms with Crippen LogP contribution in [0.25, 0.3) is 0 Å². The number of nitrogens with zero attached hydrogens (tertiary/aromatic N) is 1. The molecule has 1 fully saturated rings. The molecule has 4 heteroatoms. The zero-order chi connectivity index (χ0) is 13.1. The molecule has 0 spiro atoms. The van der Waals surface area contributed by atoms with Gasteiger partial charge in [-0.25, -0.2) is 4.39 Å². The monoisotopic (exact) mass is 250 g/mol. The van der Waals surface area contributed by atoms with Gasteiger partial charge in [-0.05, 0) is 31.0 Å². The van der Waals surface area contributed by atoms with Crippen molar-refractivity contribution in [3.63, 3.8) is 0 Å². The zero-order valence-electron chi connectivity index (χ0n) is 10.9. The van der Waals surface area contributed by atoms with E-state index in [1.807, 2.05) is 18.7 Å². The molecule has 0 radical (unpaired) electrons. The average Bonchev–Trinajstić information content (AvgIpc) is 2.82. The summed E-state index contributed by atoms with van der Waals surface area (Å²) in [4.78, 5) is 13.6. The highest BCUT2D eigenvalue weighted by Gasteiger charge is 2.16. The van der Waals surface area contributed by atoms with Crippen LogP contribution in [0.1, 0.15) is 26.7 Å². The maximum absolute atomic E-state index is 14.0. The van der Waals surface area contributed by atoms with Crippen LogP contribution in [0.3, 0.4) is 0 Å². The van der Waals surface area contributed by atoms with Gasteiger partial charge in [-0.15, -0.1) is 0 Å². The predicted molar refractivity (Wildman–Crippen MR) is 71.3 cm³/mol. The fourth-order valence-electron chi connectivity index (χ4n) is 2.09. The summed E-state index contributed by atoms with van der Waals surface area (Å²) in [5, 5.41) is 2.70. The first kappa shape index (κ1) is 12.9. The van der Waals surface area contributed by atoms with Crippen molar-refractivity contribution in [1.82, 2.24) is 0 Å². The van der Waals surface area contributed by atoms with Gasteiger partial charge in [0.25, 0.3) is 0 Å². The summed E-state index contributed by atoms with van der Waals surface area (Å²) >= 11 is 0. The maximum Gasteiger partial charge on any atom is 0.226 e. The van der Waals surface area contributed by atoms with Gasteiger partial charge in [0.05, 0.1) is 5.69 Å². The third-order valence-electron chi connectivity index (χ3n) is 3.19. The van der Waals surface area contributed by atoms with Gasteiger partial charge >= 0.3 is 0 Å². The first-order valence-corrected chi connectivity index (χ1v) is 6.43. The van der Waals surface area contributed by atoms with Crippen molar-refractivity contribution in [2.45, 2.75) is 26.7 Å². The highest BCUT2D eigenvalue weighted by molar-refractivity contribution is 5.92. The van der Waals surface area contributed by atoms with Gasteiger partial charge < -0.3 is 10.2 Å². The molecule has 0 saturated carbocycles. The number of amides is 1. The van der Waals surface area contributed by atoms with Gasteiger partial charge in [-0.2, -0.15) is 0 Å². The lowest BCUT2D eigenvalue weighted by Gasteiger charge is -2.19. The van der Waals surface area contributed by atoms with E-state index in [0.717, 1.165) is 25.9 Å².